The van der Waals surface area contributed by atoms with Crippen molar-refractivity contribution in [3.05, 3.63) is 53.8 Å². The molecule has 26 heavy (non-hydrogen) atoms. The lowest BCUT2D eigenvalue weighted by Gasteiger charge is -2.35. The number of carbonyl (C=O) groups excluding carboxylic acids is 2. The number of hydrogen-bond donors (Lipinski definition) is 0. The second kappa shape index (κ2) is 7.17. The quantitative estimate of drug-likeness (QED) is 0.767. The number of fused-ring (bicyclic) bond motifs is 3. The van der Waals surface area contributed by atoms with E-state index < -0.39 is 17.5 Å². The summed E-state index contributed by atoms with van der Waals surface area (Å²) in [7, 11) is 1.36. The maximum atomic E-state index is 12.9. The topological polar surface area (TPSA) is 71.1 Å². The molecule has 0 fully saturated rings. The van der Waals surface area contributed by atoms with Gasteiger partial charge in [0, 0.05) is 18.1 Å². The monoisotopic (exact) mass is 356 g/mol. The third-order valence-corrected chi connectivity index (χ3v) is 4.30. The summed E-state index contributed by atoms with van der Waals surface area (Å²) in [4.78, 5) is 25.4. The molecule has 3 rings (SSSR count). The first kappa shape index (κ1) is 17.9. The van der Waals surface area contributed by atoms with Crippen molar-refractivity contribution >= 4 is 22.7 Å². The molecule has 2 aromatic carbocycles. The van der Waals surface area contributed by atoms with Crippen molar-refractivity contribution in [3.8, 4) is 5.75 Å². The molecule has 2 aromatic rings. The van der Waals surface area contributed by atoms with Gasteiger partial charge in [-0.05, 0) is 19.2 Å². The molecule has 1 unspecified atom stereocenters. The Balaban J connectivity index is 2.28. The summed E-state index contributed by atoms with van der Waals surface area (Å²) in [5.41, 5.74) is -1.40. The predicted octanol–water partition coefficient (Wildman–Crippen LogP) is 3.08. The van der Waals surface area contributed by atoms with Gasteiger partial charge in [-0.15, -0.1) is 0 Å². The van der Waals surface area contributed by atoms with Crippen LogP contribution in [0, 0.1) is 0 Å². The lowest BCUT2D eigenvalue weighted by molar-refractivity contribution is -0.169. The van der Waals surface area contributed by atoms with E-state index in [0.29, 0.717) is 11.3 Å². The van der Waals surface area contributed by atoms with Crippen LogP contribution in [0.1, 0.15) is 19.4 Å². The van der Waals surface area contributed by atoms with E-state index in [0.717, 1.165) is 10.8 Å². The normalized spacial score (nSPS) is 18.5. The lowest BCUT2D eigenvalue weighted by Crippen LogP contribution is -2.46. The molecule has 0 aliphatic carbocycles. The van der Waals surface area contributed by atoms with Crippen LogP contribution in [0.3, 0.4) is 0 Å². The van der Waals surface area contributed by atoms with E-state index in [1.54, 1.807) is 19.9 Å². The molecule has 0 bridgehead atoms. The van der Waals surface area contributed by atoms with E-state index in [-0.39, 0.29) is 18.8 Å². The Morgan fingerprint density at radius 2 is 1.77 bits per heavy atom. The van der Waals surface area contributed by atoms with Gasteiger partial charge in [0.05, 0.1) is 13.2 Å². The molecule has 0 radical (unpaired) electrons. The largest absolute Gasteiger partial charge is 0.463 e. The van der Waals surface area contributed by atoms with Gasteiger partial charge < -0.3 is 18.9 Å². The van der Waals surface area contributed by atoms with Crippen LogP contribution in [0.25, 0.3) is 10.8 Å². The smallest absolute Gasteiger partial charge is 0.348 e. The van der Waals surface area contributed by atoms with Crippen molar-refractivity contribution in [2.24, 2.45) is 0 Å². The minimum absolute atomic E-state index is 0.0527. The number of ether oxygens (including phenoxy) is 4. The van der Waals surface area contributed by atoms with Crippen molar-refractivity contribution in [1.82, 2.24) is 0 Å². The summed E-state index contributed by atoms with van der Waals surface area (Å²) in [6, 6.07) is 11.1. The highest BCUT2D eigenvalue weighted by molar-refractivity contribution is 6.04. The molecule has 0 amide bonds. The standard InChI is InChI=1S/C20H20O6/c1-4-24-18(21)16-12-26-17-14-9-7-6-8-13(14)10-11-15(17)20(16,23-3)19(22)25-5-2/h6-12H,4-5H2,1-3H3. The van der Waals surface area contributed by atoms with Crippen LogP contribution < -0.4 is 4.74 Å². The van der Waals surface area contributed by atoms with Crippen LogP contribution in [-0.2, 0) is 29.4 Å². The fraction of sp³-hybridized carbons (Fsp3) is 0.300. The molecule has 6 heteroatoms. The fourth-order valence-corrected chi connectivity index (χ4v) is 3.15. The van der Waals surface area contributed by atoms with Crippen molar-refractivity contribution in [1.29, 1.82) is 0 Å². The number of benzene rings is 2. The van der Waals surface area contributed by atoms with Crippen molar-refractivity contribution in [2.75, 3.05) is 20.3 Å². The number of carbonyl (C=O) groups is 2. The van der Waals surface area contributed by atoms with Crippen LogP contribution in [-0.4, -0.2) is 32.3 Å². The molecular formula is C20H20O6. The van der Waals surface area contributed by atoms with Gasteiger partial charge in [0.25, 0.3) is 0 Å². The van der Waals surface area contributed by atoms with Crippen molar-refractivity contribution < 1.29 is 28.5 Å². The van der Waals surface area contributed by atoms with Crippen molar-refractivity contribution in [3.63, 3.8) is 0 Å². The first-order chi connectivity index (χ1) is 12.6. The summed E-state index contributed by atoms with van der Waals surface area (Å²) in [6.07, 6.45) is 1.22. The van der Waals surface area contributed by atoms with E-state index in [9.17, 15) is 9.59 Å². The van der Waals surface area contributed by atoms with Gasteiger partial charge in [-0.1, -0.05) is 36.4 Å². The number of rotatable bonds is 5. The minimum Gasteiger partial charge on any atom is -0.463 e. The second-order valence-electron chi connectivity index (χ2n) is 5.64. The Kier molecular flexibility index (Phi) is 4.95. The number of hydrogen-bond acceptors (Lipinski definition) is 6. The molecule has 1 heterocycles. The van der Waals surface area contributed by atoms with E-state index in [1.807, 2.05) is 30.3 Å². The van der Waals surface area contributed by atoms with E-state index in [2.05, 4.69) is 0 Å². The highest BCUT2D eigenvalue weighted by Gasteiger charge is 2.53. The molecule has 0 saturated heterocycles. The maximum absolute atomic E-state index is 12.9. The SMILES string of the molecule is CCOC(=O)C1=COc2c(ccc3ccccc23)C1(OC)C(=O)OCC. The van der Waals surface area contributed by atoms with Gasteiger partial charge in [-0.3, -0.25) is 0 Å². The third kappa shape index (κ3) is 2.63. The summed E-state index contributed by atoms with van der Waals surface area (Å²) >= 11 is 0. The van der Waals surface area contributed by atoms with Crippen LogP contribution in [0.15, 0.2) is 48.2 Å². The Labute approximate surface area is 151 Å². The molecule has 0 spiro atoms. The van der Waals surface area contributed by atoms with Crippen LogP contribution in [0.2, 0.25) is 0 Å². The lowest BCUT2D eigenvalue weighted by atomic mass is 9.82. The molecule has 0 aromatic heterocycles. The summed E-state index contributed by atoms with van der Waals surface area (Å²) in [6.45, 7) is 3.67. The predicted molar refractivity (Wildman–Crippen MR) is 94.6 cm³/mol. The zero-order valence-corrected chi connectivity index (χ0v) is 14.9. The van der Waals surface area contributed by atoms with E-state index in [1.165, 1.54) is 13.4 Å². The second-order valence-corrected chi connectivity index (χ2v) is 5.64. The maximum Gasteiger partial charge on any atom is 0.348 e. The summed E-state index contributed by atoms with van der Waals surface area (Å²) in [5, 5.41) is 1.74. The highest BCUT2D eigenvalue weighted by atomic mass is 16.6. The Morgan fingerprint density at radius 3 is 2.46 bits per heavy atom. The summed E-state index contributed by atoms with van der Waals surface area (Å²) in [5.74, 6) is -0.936. The van der Waals surface area contributed by atoms with Gasteiger partial charge in [0.15, 0.2) is 0 Å². The zero-order valence-electron chi connectivity index (χ0n) is 14.9. The molecule has 0 N–H and O–H groups in total. The third-order valence-electron chi connectivity index (χ3n) is 4.30. The zero-order chi connectivity index (χ0) is 18.7. The number of esters is 2. The molecular weight excluding hydrogens is 336 g/mol. The molecule has 1 aliphatic heterocycles. The van der Waals surface area contributed by atoms with E-state index in [4.69, 9.17) is 18.9 Å². The average Bonchev–Trinajstić information content (AvgIpc) is 2.67. The van der Waals surface area contributed by atoms with Gasteiger partial charge in [0.1, 0.15) is 17.6 Å². The van der Waals surface area contributed by atoms with Gasteiger partial charge in [-0.2, -0.15) is 0 Å². The fourth-order valence-electron chi connectivity index (χ4n) is 3.15. The molecule has 136 valence electrons. The van der Waals surface area contributed by atoms with Gasteiger partial charge in [-0.25, -0.2) is 9.59 Å². The van der Waals surface area contributed by atoms with Crippen LogP contribution >= 0.6 is 0 Å². The average molecular weight is 356 g/mol. The van der Waals surface area contributed by atoms with E-state index >= 15 is 0 Å². The first-order valence-corrected chi connectivity index (χ1v) is 8.39. The highest BCUT2D eigenvalue weighted by Crippen LogP contribution is 2.46. The van der Waals surface area contributed by atoms with Crippen LogP contribution in [0.5, 0.6) is 5.75 Å². The molecule has 1 aliphatic rings. The minimum atomic E-state index is -1.75. The molecule has 0 saturated carbocycles. The first-order valence-electron chi connectivity index (χ1n) is 8.39. The molecule has 1 atom stereocenters. The Morgan fingerprint density at radius 1 is 1.04 bits per heavy atom. The Hall–Kier alpha value is -2.86. The van der Waals surface area contributed by atoms with Gasteiger partial charge in [0.2, 0.25) is 5.60 Å². The van der Waals surface area contributed by atoms with Crippen LogP contribution in [0.4, 0.5) is 0 Å². The molecule has 6 nitrogen and oxygen atoms in total. The Bertz CT molecular complexity index is 885. The van der Waals surface area contributed by atoms with Crippen molar-refractivity contribution in [2.45, 2.75) is 19.4 Å². The van der Waals surface area contributed by atoms with Gasteiger partial charge >= 0.3 is 11.9 Å². The summed E-state index contributed by atoms with van der Waals surface area (Å²) < 4.78 is 21.7. The number of methoxy groups -OCH3 is 1.